The number of aliphatic hydroxyl groups is 1. The normalized spacial score (nSPS) is 20.9. The van der Waals surface area contributed by atoms with Gasteiger partial charge in [-0.25, -0.2) is 0 Å². The first-order chi connectivity index (χ1) is 4.72. The van der Waals surface area contributed by atoms with Gasteiger partial charge in [-0.3, -0.25) is 14.9 Å². The average Bonchev–Trinajstić information content (AvgIpc) is 1.85. The van der Waals surface area contributed by atoms with Gasteiger partial charge in [0.2, 0.25) is 11.8 Å². The summed E-state index contributed by atoms with van der Waals surface area (Å²) in [7, 11) is 0. The van der Waals surface area contributed by atoms with E-state index in [1.165, 1.54) is 0 Å². The van der Waals surface area contributed by atoms with Crippen LogP contribution in [-0.4, -0.2) is 23.5 Å². The highest BCUT2D eigenvalue weighted by Gasteiger charge is 2.23. The highest BCUT2D eigenvalue weighted by molar-refractivity contribution is 5.97. The molecule has 1 aliphatic rings. The fraction of sp³-hybridized carbons (Fsp3) is 0.667. The molecule has 2 amide bonds. The second kappa shape index (κ2) is 2.79. The van der Waals surface area contributed by atoms with E-state index in [-0.39, 0.29) is 37.2 Å². The Kier molecular flexibility index (Phi) is 2.01. The van der Waals surface area contributed by atoms with Crippen molar-refractivity contribution < 1.29 is 14.7 Å². The molecule has 0 unspecified atom stereocenters. The lowest BCUT2D eigenvalue weighted by molar-refractivity contribution is -0.135. The summed E-state index contributed by atoms with van der Waals surface area (Å²) in [5.41, 5.74) is 0. The number of carbonyl (C=O) groups excluding carboxylic acids is 2. The van der Waals surface area contributed by atoms with Crippen LogP contribution < -0.4 is 5.32 Å². The number of nitrogens with one attached hydrogen (secondary N) is 1. The summed E-state index contributed by atoms with van der Waals surface area (Å²) in [5.74, 6) is -0.730. The van der Waals surface area contributed by atoms with Crippen LogP contribution >= 0.6 is 0 Å². The van der Waals surface area contributed by atoms with Crippen LogP contribution in [0.4, 0.5) is 0 Å². The van der Waals surface area contributed by atoms with E-state index in [9.17, 15) is 9.59 Å². The zero-order valence-electron chi connectivity index (χ0n) is 5.46. The summed E-state index contributed by atoms with van der Waals surface area (Å²) in [6.45, 7) is -0.0842. The van der Waals surface area contributed by atoms with Crippen molar-refractivity contribution >= 4 is 11.8 Å². The van der Waals surface area contributed by atoms with Gasteiger partial charge in [0.25, 0.3) is 0 Å². The Morgan fingerprint density at radius 2 is 1.90 bits per heavy atom. The van der Waals surface area contributed by atoms with Crippen LogP contribution in [0.5, 0.6) is 0 Å². The summed E-state index contributed by atoms with van der Waals surface area (Å²) in [6, 6.07) is 0. The average molecular weight is 143 g/mol. The van der Waals surface area contributed by atoms with Crippen LogP contribution in [0.1, 0.15) is 12.8 Å². The largest absolute Gasteiger partial charge is 0.396 e. The van der Waals surface area contributed by atoms with Gasteiger partial charge in [-0.1, -0.05) is 0 Å². The molecule has 2 N–H and O–H groups in total. The van der Waals surface area contributed by atoms with Crippen molar-refractivity contribution in [3.05, 3.63) is 0 Å². The van der Waals surface area contributed by atoms with Crippen molar-refractivity contribution in [1.29, 1.82) is 0 Å². The lowest BCUT2D eigenvalue weighted by atomic mass is 9.98. The minimum atomic E-state index is -0.282. The van der Waals surface area contributed by atoms with Gasteiger partial charge in [0.1, 0.15) is 0 Å². The van der Waals surface area contributed by atoms with Gasteiger partial charge in [0.05, 0.1) is 0 Å². The second-order valence-electron chi connectivity index (χ2n) is 2.43. The molecular weight excluding hydrogens is 134 g/mol. The Hall–Kier alpha value is -0.900. The molecule has 0 bridgehead atoms. The third-order valence-corrected chi connectivity index (χ3v) is 1.49. The molecule has 0 aliphatic carbocycles. The van der Waals surface area contributed by atoms with Crippen LogP contribution in [0.25, 0.3) is 0 Å². The van der Waals surface area contributed by atoms with Crippen molar-refractivity contribution in [2.75, 3.05) is 6.61 Å². The van der Waals surface area contributed by atoms with Gasteiger partial charge in [0, 0.05) is 19.4 Å². The lowest BCUT2D eigenvalue weighted by Gasteiger charge is -2.17. The maximum atomic E-state index is 10.6. The predicted octanol–water partition coefficient (Wildman–Crippen LogP) is -0.969. The van der Waals surface area contributed by atoms with Crippen LogP contribution in [0.2, 0.25) is 0 Å². The third-order valence-electron chi connectivity index (χ3n) is 1.49. The van der Waals surface area contributed by atoms with E-state index in [1.54, 1.807) is 0 Å². The molecule has 56 valence electrons. The van der Waals surface area contributed by atoms with Crippen molar-refractivity contribution in [2.45, 2.75) is 12.8 Å². The molecule has 0 aromatic rings. The molecule has 4 nitrogen and oxygen atoms in total. The quantitative estimate of drug-likeness (QED) is 0.464. The van der Waals surface area contributed by atoms with Gasteiger partial charge < -0.3 is 5.11 Å². The summed E-state index contributed by atoms with van der Waals surface area (Å²) in [5, 5.41) is 10.7. The molecule has 0 aromatic carbocycles. The van der Waals surface area contributed by atoms with E-state index >= 15 is 0 Å². The monoisotopic (exact) mass is 143 g/mol. The Balaban J connectivity index is 2.50. The van der Waals surface area contributed by atoms with Gasteiger partial charge in [-0.05, 0) is 5.92 Å². The zero-order valence-corrected chi connectivity index (χ0v) is 5.46. The lowest BCUT2D eigenvalue weighted by Crippen LogP contribution is -2.39. The van der Waals surface area contributed by atoms with E-state index in [1.807, 2.05) is 0 Å². The second-order valence-corrected chi connectivity index (χ2v) is 2.43. The molecule has 0 atom stereocenters. The Bertz CT molecular complexity index is 150. The zero-order chi connectivity index (χ0) is 7.56. The van der Waals surface area contributed by atoms with Crippen molar-refractivity contribution in [1.82, 2.24) is 5.32 Å². The van der Waals surface area contributed by atoms with Gasteiger partial charge in [-0.15, -0.1) is 0 Å². The smallest absolute Gasteiger partial charge is 0.226 e. The molecule has 1 aliphatic heterocycles. The summed E-state index contributed by atoms with van der Waals surface area (Å²) in [4.78, 5) is 21.2. The molecule has 1 rings (SSSR count). The summed E-state index contributed by atoms with van der Waals surface area (Å²) >= 11 is 0. The van der Waals surface area contributed by atoms with Crippen molar-refractivity contribution in [3.63, 3.8) is 0 Å². The summed E-state index contributed by atoms with van der Waals surface area (Å²) < 4.78 is 0. The number of imide groups is 1. The van der Waals surface area contributed by atoms with E-state index in [4.69, 9.17) is 5.11 Å². The van der Waals surface area contributed by atoms with Crippen molar-refractivity contribution in [3.8, 4) is 0 Å². The number of rotatable bonds is 1. The van der Waals surface area contributed by atoms with Gasteiger partial charge in [0.15, 0.2) is 0 Å². The van der Waals surface area contributed by atoms with Crippen molar-refractivity contribution in [2.24, 2.45) is 5.92 Å². The highest BCUT2D eigenvalue weighted by Crippen LogP contribution is 2.11. The first-order valence-electron chi connectivity index (χ1n) is 3.16. The molecule has 1 fully saturated rings. The van der Waals surface area contributed by atoms with E-state index in [0.717, 1.165) is 0 Å². The number of aliphatic hydroxyl groups excluding tert-OH is 1. The maximum Gasteiger partial charge on any atom is 0.226 e. The number of hydrogen-bond donors (Lipinski definition) is 2. The Morgan fingerprint density at radius 3 is 2.30 bits per heavy atom. The van der Waals surface area contributed by atoms with Gasteiger partial charge in [-0.2, -0.15) is 0 Å². The molecule has 0 aromatic heterocycles. The summed E-state index contributed by atoms with van der Waals surface area (Å²) in [6.07, 6.45) is 0.532. The first-order valence-corrected chi connectivity index (χ1v) is 3.16. The van der Waals surface area contributed by atoms with Crippen LogP contribution in [0.3, 0.4) is 0 Å². The fourth-order valence-corrected chi connectivity index (χ4v) is 0.983. The van der Waals surface area contributed by atoms with Crippen LogP contribution in [0, 0.1) is 5.92 Å². The highest BCUT2D eigenvalue weighted by atomic mass is 16.3. The number of piperidine rings is 1. The number of hydrogen-bond acceptors (Lipinski definition) is 3. The molecule has 0 radical (unpaired) electrons. The molecule has 0 spiro atoms. The van der Waals surface area contributed by atoms with Crippen LogP contribution in [0.15, 0.2) is 0 Å². The molecule has 10 heavy (non-hydrogen) atoms. The Morgan fingerprint density at radius 1 is 1.40 bits per heavy atom. The van der Waals surface area contributed by atoms with Crippen LogP contribution in [-0.2, 0) is 9.59 Å². The van der Waals surface area contributed by atoms with E-state index in [0.29, 0.717) is 0 Å². The maximum absolute atomic E-state index is 10.6. The predicted molar refractivity (Wildman–Crippen MR) is 33.0 cm³/mol. The molecule has 1 heterocycles. The Labute approximate surface area is 58.2 Å². The third kappa shape index (κ3) is 1.54. The molecule has 1 saturated heterocycles. The minimum Gasteiger partial charge on any atom is -0.396 e. The standard InChI is InChI=1S/C6H9NO3/c8-3-4-1-5(9)7-6(10)2-4/h4,8H,1-3H2,(H,7,9,10). The topological polar surface area (TPSA) is 66.4 Å². The van der Waals surface area contributed by atoms with Gasteiger partial charge >= 0.3 is 0 Å². The molecule has 4 heteroatoms. The molecular formula is C6H9NO3. The fourth-order valence-electron chi connectivity index (χ4n) is 0.983. The number of carbonyl (C=O) groups is 2. The van der Waals surface area contributed by atoms with E-state index in [2.05, 4.69) is 5.32 Å². The SMILES string of the molecule is O=C1CC(CO)CC(=O)N1. The number of amides is 2. The minimum absolute atomic E-state index is 0.0842. The van der Waals surface area contributed by atoms with E-state index < -0.39 is 0 Å². The first kappa shape index (κ1) is 7.21. The molecule has 0 saturated carbocycles.